The van der Waals surface area contributed by atoms with Crippen LogP contribution in [-0.4, -0.2) is 25.9 Å². The highest BCUT2D eigenvalue weighted by molar-refractivity contribution is 6.32. The zero-order chi connectivity index (χ0) is 19.7. The van der Waals surface area contributed by atoms with Gasteiger partial charge >= 0.3 is 6.09 Å². The predicted octanol–water partition coefficient (Wildman–Crippen LogP) is 5.47. The lowest BCUT2D eigenvalue weighted by molar-refractivity contribution is 0.129. The van der Waals surface area contributed by atoms with Crippen molar-refractivity contribution in [3.63, 3.8) is 0 Å². The van der Waals surface area contributed by atoms with Crippen LogP contribution in [0.5, 0.6) is 5.75 Å². The number of ether oxygens (including phenoxy) is 2. The van der Waals surface area contributed by atoms with Crippen LogP contribution in [0.1, 0.15) is 38.3 Å². The Labute approximate surface area is 166 Å². The fraction of sp³-hybridized carbons (Fsp3) is 0.409. The molecule has 1 N–H and O–H groups in total. The molecule has 0 aliphatic rings. The summed E-state index contributed by atoms with van der Waals surface area (Å²) in [5.41, 5.74) is 2.50. The molecule has 2 aromatic carbocycles. The van der Waals surface area contributed by atoms with Gasteiger partial charge in [0.05, 0.1) is 18.2 Å². The van der Waals surface area contributed by atoms with Crippen LogP contribution in [0.15, 0.2) is 48.5 Å². The van der Waals surface area contributed by atoms with Crippen LogP contribution in [0.3, 0.4) is 0 Å². The SMILES string of the molecule is CC(C)(C)CCOC(=O)NCCOc1ccc(Cc2ccccc2)cc1Cl. The first-order chi connectivity index (χ1) is 12.8. The standard InChI is InChI=1S/C22H28ClNO3/c1-22(2,3)11-13-27-21(25)24-12-14-26-20-10-9-18(16-19(20)23)15-17-7-5-4-6-8-17/h4-10,16H,11-15H2,1-3H3,(H,24,25). The maximum atomic E-state index is 11.6. The molecule has 1 amide bonds. The molecule has 146 valence electrons. The summed E-state index contributed by atoms with van der Waals surface area (Å²) in [5, 5.41) is 3.24. The molecule has 0 atom stereocenters. The first-order valence-electron chi connectivity index (χ1n) is 9.19. The second-order valence-electron chi connectivity index (χ2n) is 7.65. The number of carbonyl (C=O) groups excluding carboxylic acids is 1. The molecular weight excluding hydrogens is 362 g/mol. The van der Waals surface area contributed by atoms with Crippen molar-refractivity contribution in [2.24, 2.45) is 5.41 Å². The minimum absolute atomic E-state index is 0.146. The smallest absolute Gasteiger partial charge is 0.407 e. The molecule has 0 spiro atoms. The molecule has 0 radical (unpaired) electrons. The second kappa shape index (κ2) is 10.2. The van der Waals surface area contributed by atoms with Gasteiger partial charge in [0.15, 0.2) is 0 Å². The van der Waals surface area contributed by atoms with Gasteiger partial charge in [-0.3, -0.25) is 0 Å². The lowest BCUT2D eigenvalue weighted by Crippen LogP contribution is -2.29. The van der Waals surface area contributed by atoms with Crippen LogP contribution in [-0.2, 0) is 11.2 Å². The molecule has 0 saturated heterocycles. The van der Waals surface area contributed by atoms with Crippen LogP contribution in [0, 0.1) is 5.41 Å². The van der Waals surface area contributed by atoms with Crippen molar-refractivity contribution >= 4 is 17.7 Å². The zero-order valence-electron chi connectivity index (χ0n) is 16.3. The fourth-order valence-corrected chi connectivity index (χ4v) is 2.68. The Morgan fingerprint density at radius 3 is 2.44 bits per heavy atom. The van der Waals surface area contributed by atoms with Gasteiger partial charge in [-0.05, 0) is 41.5 Å². The number of hydrogen-bond acceptors (Lipinski definition) is 3. The van der Waals surface area contributed by atoms with Gasteiger partial charge in [0.1, 0.15) is 12.4 Å². The van der Waals surface area contributed by atoms with Gasteiger partial charge in [0.25, 0.3) is 0 Å². The number of hydrogen-bond donors (Lipinski definition) is 1. The molecule has 0 aromatic heterocycles. The summed E-state index contributed by atoms with van der Waals surface area (Å²) in [6.45, 7) is 7.42. The summed E-state index contributed by atoms with van der Waals surface area (Å²) in [6, 6.07) is 16.0. The van der Waals surface area contributed by atoms with Crippen molar-refractivity contribution < 1.29 is 14.3 Å². The number of benzene rings is 2. The van der Waals surface area contributed by atoms with E-state index in [-0.39, 0.29) is 5.41 Å². The Balaban J connectivity index is 1.71. The average Bonchev–Trinajstić information content (AvgIpc) is 2.60. The van der Waals surface area contributed by atoms with Crippen molar-refractivity contribution in [1.29, 1.82) is 0 Å². The second-order valence-corrected chi connectivity index (χ2v) is 8.06. The Kier molecular flexibility index (Phi) is 7.99. The number of carbonyl (C=O) groups is 1. The molecule has 0 aliphatic carbocycles. The van der Waals surface area contributed by atoms with E-state index < -0.39 is 6.09 Å². The van der Waals surface area contributed by atoms with E-state index in [2.05, 4.69) is 38.2 Å². The molecule has 4 nitrogen and oxygen atoms in total. The Morgan fingerprint density at radius 2 is 1.78 bits per heavy atom. The highest BCUT2D eigenvalue weighted by atomic mass is 35.5. The predicted molar refractivity (Wildman–Crippen MR) is 110 cm³/mol. The summed E-state index contributed by atoms with van der Waals surface area (Å²) in [7, 11) is 0. The summed E-state index contributed by atoms with van der Waals surface area (Å²) < 4.78 is 10.8. The maximum absolute atomic E-state index is 11.6. The third-order valence-corrected chi connectivity index (χ3v) is 4.26. The number of nitrogens with one attached hydrogen (secondary N) is 1. The first kappa shape index (κ1) is 21.1. The van der Waals surface area contributed by atoms with Gasteiger partial charge in [-0.2, -0.15) is 0 Å². The summed E-state index contributed by atoms with van der Waals surface area (Å²) >= 11 is 6.31. The quantitative estimate of drug-likeness (QED) is 0.609. The monoisotopic (exact) mass is 389 g/mol. The van der Waals surface area contributed by atoms with Crippen molar-refractivity contribution in [2.75, 3.05) is 19.8 Å². The van der Waals surface area contributed by atoms with Gasteiger partial charge in [-0.15, -0.1) is 0 Å². The van der Waals surface area contributed by atoms with Gasteiger partial charge in [0.2, 0.25) is 0 Å². The van der Waals surface area contributed by atoms with E-state index in [9.17, 15) is 4.79 Å². The lowest BCUT2D eigenvalue weighted by Gasteiger charge is -2.17. The highest BCUT2D eigenvalue weighted by Crippen LogP contribution is 2.26. The number of rotatable bonds is 8. The molecule has 27 heavy (non-hydrogen) atoms. The molecular formula is C22H28ClNO3. The average molecular weight is 390 g/mol. The van der Waals surface area contributed by atoms with Crippen LogP contribution in [0.2, 0.25) is 5.02 Å². The van der Waals surface area contributed by atoms with Crippen LogP contribution < -0.4 is 10.1 Å². The van der Waals surface area contributed by atoms with E-state index >= 15 is 0 Å². The summed E-state index contributed by atoms with van der Waals surface area (Å²) in [6.07, 6.45) is 1.22. The van der Waals surface area contributed by atoms with Crippen molar-refractivity contribution in [1.82, 2.24) is 5.32 Å². The number of amides is 1. The van der Waals surface area contributed by atoms with Gasteiger partial charge in [-0.25, -0.2) is 4.79 Å². The molecule has 0 aliphatic heterocycles. The minimum atomic E-state index is -0.424. The molecule has 0 heterocycles. The third kappa shape index (κ3) is 8.35. The van der Waals surface area contributed by atoms with Crippen LogP contribution in [0.25, 0.3) is 0 Å². The largest absolute Gasteiger partial charge is 0.490 e. The molecule has 5 heteroatoms. The number of alkyl carbamates (subject to hydrolysis) is 1. The van der Waals surface area contributed by atoms with Crippen molar-refractivity contribution in [3.8, 4) is 5.75 Å². The van der Waals surface area contributed by atoms with Crippen molar-refractivity contribution in [3.05, 3.63) is 64.7 Å². The lowest BCUT2D eigenvalue weighted by atomic mass is 9.93. The molecule has 0 fully saturated rings. The van der Waals surface area contributed by atoms with E-state index in [4.69, 9.17) is 21.1 Å². The maximum Gasteiger partial charge on any atom is 0.407 e. The van der Waals surface area contributed by atoms with Crippen LogP contribution in [0.4, 0.5) is 4.79 Å². The number of halogens is 1. The molecule has 2 rings (SSSR count). The van der Waals surface area contributed by atoms with Crippen molar-refractivity contribution in [2.45, 2.75) is 33.6 Å². The van der Waals surface area contributed by atoms with E-state index in [1.54, 1.807) is 0 Å². The van der Waals surface area contributed by atoms with E-state index in [1.165, 1.54) is 5.56 Å². The van der Waals surface area contributed by atoms with E-state index in [1.807, 2.05) is 36.4 Å². The zero-order valence-corrected chi connectivity index (χ0v) is 17.0. The summed E-state index contributed by atoms with van der Waals surface area (Å²) in [5.74, 6) is 0.608. The minimum Gasteiger partial charge on any atom is -0.490 e. The van der Waals surface area contributed by atoms with Gasteiger partial charge in [-0.1, -0.05) is 68.8 Å². The van der Waals surface area contributed by atoms with Gasteiger partial charge < -0.3 is 14.8 Å². The molecule has 0 unspecified atom stereocenters. The Hall–Kier alpha value is -2.20. The molecule has 2 aromatic rings. The van der Waals surface area contributed by atoms with Crippen LogP contribution >= 0.6 is 11.6 Å². The van der Waals surface area contributed by atoms with E-state index in [0.717, 1.165) is 18.4 Å². The first-order valence-corrected chi connectivity index (χ1v) is 9.57. The summed E-state index contributed by atoms with van der Waals surface area (Å²) in [4.78, 5) is 11.6. The Bertz CT molecular complexity index is 726. The molecule has 0 saturated carbocycles. The van der Waals surface area contributed by atoms with E-state index in [0.29, 0.717) is 30.5 Å². The Morgan fingerprint density at radius 1 is 1.04 bits per heavy atom. The van der Waals surface area contributed by atoms with Gasteiger partial charge in [0, 0.05) is 0 Å². The normalized spacial score (nSPS) is 11.1. The topological polar surface area (TPSA) is 47.6 Å². The third-order valence-electron chi connectivity index (χ3n) is 3.96. The molecule has 0 bridgehead atoms. The highest BCUT2D eigenvalue weighted by Gasteiger charge is 2.11. The fourth-order valence-electron chi connectivity index (χ4n) is 2.42.